The van der Waals surface area contributed by atoms with Crippen LogP contribution >= 0.6 is 0 Å². The second-order valence-corrected chi connectivity index (χ2v) is 9.59. The quantitative estimate of drug-likeness (QED) is 0.554. The molecule has 35 heavy (non-hydrogen) atoms. The molecule has 4 heterocycles. The molecule has 5 rings (SSSR count). The predicted molar refractivity (Wildman–Crippen MR) is 129 cm³/mol. The molecule has 1 amide bonds. The number of nitrogens with zero attached hydrogens (tertiary/aromatic N) is 5. The highest BCUT2D eigenvalue weighted by molar-refractivity contribution is 5.84. The van der Waals surface area contributed by atoms with Crippen molar-refractivity contribution in [2.75, 3.05) is 19.4 Å². The number of likely N-dealkylation sites (tertiary alicyclic amines) is 1. The van der Waals surface area contributed by atoms with Gasteiger partial charge in [-0.15, -0.1) is 0 Å². The van der Waals surface area contributed by atoms with Gasteiger partial charge >= 0.3 is 0 Å². The van der Waals surface area contributed by atoms with Crippen molar-refractivity contribution < 1.29 is 13.9 Å². The number of aryl methyl sites for hydroxylation is 2. The largest absolute Gasteiger partial charge is 0.481 e. The van der Waals surface area contributed by atoms with Crippen molar-refractivity contribution in [2.24, 2.45) is 5.41 Å². The van der Waals surface area contributed by atoms with Crippen molar-refractivity contribution in [3.63, 3.8) is 0 Å². The Labute approximate surface area is 203 Å². The summed E-state index contributed by atoms with van der Waals surface area (Å²) in [6.07, 6.45) is 9.74. The lowest BCUT2D eigenvalue weighted by Gasteiger charge is -2.23. The van der Waals surface area contributed by atoms with E-state index in [4.69, 9.17) is 10.5 Å². The Balaban J connectivity index is 1.28. The molecule has 3 aromatic heterocycles. The number of anilines is 1. The number of halogens is 1. The van der Waals surface area contributed by atoms with Crippen LogP contribution in [-0.4, -0.2) is 50.4 Å². The Morgan fingerprint density at radius 2 is 2.14 bits per heavy atom. The summed E-state index contributed by atoms with van der Waals surface area (Å²) in [5.74, 6) is -0.314. The Kier molecular flexibility index (Phi) is 5.86. The van der Waals surface area contributed by atoms with E-state index in [1.54, 1.807) is 25.5 Å². The van der Waals surface area contributed by atoms with Crippen molar-refractivity contribution in [3.8, 4) is 17.1 Å². The molecule has 182 valence electrons. The van der Waals surface area contributed by atoms with E-state index in [0.29, 0.717) is 23.8 Å². The summed E-state index contributed by atoms with van der Waals surface area (Å²) in [6.45, 7) is 4.35. The maximum atomic E-state index is 14.4. The second kappa shape index (κ2) is 8.87. The van der Waals surface area contributed by atoms with E-state index in [1.807, 2.05) is 11.8 Å². The van der Waals surface area contributed by atoms with Crippen LogP contribution in [-0.2, 0) is 11.2 Å². The van der Waals surface area contributed by atoms with Crippen LogP contribution in [0.4, 0.5) is 10.2 Å². The van der Waals surface area contributed by atoms with Gasteiger partial charge in [0.15, 0.2) is 0 Å². The van der Waals surface area contributed by atoms with E-state index in [1.165, 1.54) is 13.2 Å². The van der Waals surface area contributed by atoms with Gasteiger partial charge in [0.1, 0.15) is 11.6 Å². The van der Waals surface area contributed by atoms with Crippen molar-refractivity contribution in [1.29, 1.82) is 0 Å². The first-order valence-electron chi connectivity index (χ1n) is 11.9. The van der Waals surface area contributed by atoms with Gasteiger partial charge in [-0.3, -0.25) is 14.8 Å². The molecule has 1 aliphatic carbocycles. The minimum absolute atomic E-state index is 0.0528. The Morgan fingerprint density at radius 3 is 2.86 bits per heavy atom. The van der Waals surface area contributed by atoms with Gasteiger partial charge in [0.05, 0.1) is 31.1 Å². The molecule has 9 heteroatoms. The van der Waals surface area contributed by atoms with Crippen LogP contribution in [0.5, 0.6) is 5.88 Å². The normalized spacial score (nSPS) is 21.5. The van der Waals surface area contributed by atoms with E-state index in [0.717, 1.165) is 54.4 Å². The van der Waals surface area contributed by atoms with Gasteiger partial charge in [0.2, 0.25) is 11.8 Å². The summed E-state index contributed by atoms with van der Waals surface area (Å²) in [4.78, 5) is 32.2. The highest BCUT2D eigenvalue weighted by Gasteiger charge is 2.61. The zero-order chi connectivity index (χ0) is 24.7. The second-order valence-electron chi connectivity index (χ2n) is 9.59. The van der Waals surface area contributed by atoms with Crippen LogP contribution in [0.25, 0.3) is 11.3 Å². The molecule has 3 aromatic rings. The first-order chi connectivity index (χ1) is 16.8. The summed E-state index contributed by atoms with van der Waals surface area (Å²) >= 11 is 0. The topological polar surface area (TPSA) is 107 Å². The molecule has 3 atom stereocenters. The molecule has 0 aromatic carbocycles. The summed E-state index contributed by atoms with van der Waals surface area (Å²) in [7, 11) is 1.47. The SMILES string of the molecule is COc1cc([C@@H](C)C(=O)N2CC[C@]3(CCc4cc(-c5cnccn5)c(C)nc4N)CC23)c(F)cn1. The van der Waals surface area contributed by atoms with Crippen molar-refractivity contribution in [2.45, 2.75) is 51.5 Å². The lowest BCUT2D eigenvalue weighted by molar-refractivity contribution is -0.132. The molecule has 2 aliphatic rings. The fraction of sp³-hybridized carbons (Fsp3) is 0.423. The van der Waals surface area contributed by atoms with Crippen LogP contribution < -0.4 is 10.5 Å². The molecule has 1 unspecified atom stereocenters. The Bertz CT molecular complexity index is 1270. The van der Waals surface area contributed by atoms with Crippen LogP contribution in [0.2, 0.25) is 0 Å². The number of nitrogen functional groups attached to an aromatic ring is 1. The fourth-order valence-corrected chi connectivity index (χ4v) is 5.40. The van der Waals surface area contributed by atoms with Gasteiger partial charge in [-0.1, -0.05) is 0 Å². The number of methoxy groups -OCH3 is 1. The van der Waals surface area contributed by atoms with Gasteiger partial charge in [-0.25, -0.2) is 14.4 Å². The zero-order valence-corrected chi connectivity index (χ0v) is 20.2. The highest BCUT2D eigenvalue weighted by atomic mass is 19.1. The fourth-order valence-electron chi connectivity index (χ4n) is 5.40. The standard InChI is InChI=1S/C26H29FN6O2/c1-15(18-11-23(35-3)31-13-20(18)27)25(34)33-9-6-26(12-22(26)33)5-4-17-10-19(16(2)32-24(17)28)21-14-29-7-8-30-21/h7-8,10-11,13-15,22H,4-6,9,12H2,1-3H3,(H2,28,32)/t15-,22?,26-/m1/s1. The number of hydrogen-bond donors (Lipinski definition) is 1. The summed E-state index contributed by atoms with van der Waals surface area (Å²) in [5.41, 5.74) is 10.2. The van der Waals surface area contributed by atoms with Gasteiger partial charge in [-0.2, -0.15) is 0 Å². The maximum absolute atomic E-state index is 14.4. The molecule has 1 saturated carbocycles. The van der Waals surface area contributed by atoms with Gasteiger partial charge < -0.3 is 15.4 Å². The lowest BCUT2D eigenvalue weighted by atomic mass is 9.93. The third-order valence-electron chi connectivity index (χ3n) is 7.62. The van der Waals surface area contributed by atoms with E-state index < -0.39 is 11.7 Å². The lowest BCUT2D eigenvalue weighted by Crippen LogP contribution is -2.34. The van der Waals surface area contributed by atoms with Crippen LogP contribution in [0, 0.1) is 18.2 Å². The number of piperidine rings is 1. The number of nitrogens with two attached hydrogens (primary N) is 1. The van der Waals surface area contributed by atoms with Crippen LogP contribution in [0.3, 0.4) is 0 Å². The van der Waals surface area contributed by atoms with Gasteiger partial charge in [-0.05, 0) is 56.6 Å². The number of hydrogen-bond acceptors (Lipinski definition) is 7. The molecule has 1 aliphatic heterocycles. The number of carbonyl (C=O) groups excluding carboxylic acids is 1. The molecule has 8 nitrogen and oxygen atoms in total. The molecule has 2 fully saturated rings. The van der Waals surface area contributed by atoms with Crippen LogP contribution in [0.15, 0.2) is 36.9 Å². The van der Waals surface area contributed by atoms with Crippen molar-refractivity contribution >= 4 is 11.7 Å². The van der Waals surface area contributed by atoms with Gasteiger partial charge in [0, 0.05) is 47.9 Å². The number of ether oxygens (including phenoxy) is 1. The third kappa shape index (κ3) is 4.19. The number of amides is 1. The molecular weight excluding hydrogens is 447 g/mol. The first-order valence-corrected chi connectivity index (χ1v) is 11.9. The zero-order valence-electron chi connectivity index (χ0n) is 20.2. The molecular formula is C26H29FN6O2. The minimum atomic E-state index is -0.602. The summed E-state index contributed by atoms with van der Waals surface area (Å²) < 4.78 is 19.5. The number of fused-ring (bicyclic) bond motifs is 1. The minimum Gasteiger partial charge on any atom is -0.481 e. The average Bonchev–Trinajstić information content (AvgIpc) is 3.47. The Hall–Kier alpha value is -3.62. The van der Waals surface area contributed by atoms with E-state index in [2.05, 4.69) is 26.0 Å². The number of carbonyl (C=O) groups is 1. The number of rotatable bonds is 7. The molecule has 2 N–H and O–H groups in total. The maximum Gasteiger partial charge on any atom is 0.230 e. The van der Waals surface area contributed by atoms with Crippen molar-refractivity contribution in [3.05, 3.63) is 59.6 Å². The van der Waals surface area contributed by atoms with E-state index in [9.17, 15) is 9.18 Å². The molecule has 1 saturated heterocycles. The monoisotopic (exact) mass is 476 g/mol. The first kappa shape index (κ1) is 23.1. The van der Waals surface area contributed by atoms with E-state index in [-0.39, 0.29) is 17.4 Å². The number of pyridine rings is 2. The van der Waals surface area contributed by atoms with Crippen LogP contribution in [0.1, 0.15) is 48.9 Å². The smallest absolute Gasteiger partial charge is 0.230 e. The predicted octanol–water partition coefficient (Wildman–Crippen LogP) is 3.70. The molecule has 0 bridgehead atoms. The summed E-state index contributed by atoms with van der Waals surface area (Å²) in [5, 5.41) is 0. The van der Waals surface area contributed by atoms with Crippen molar-refractivity contribution in [1.82, 2.24) is 24.8 Å². The summed E-state index contributed by atoms with van der Waals surface area (Å²) in [6, 6.07) is 3.76. The Morgan fingerprint density at radius 1 is 1.31 bits per heavy atom. The highest BCUT2D eigenvalue weighted by Crippen LogP contribution is 2.60. The van der Waals surface area contributed by atoms with E-state index >= 15 is 0 Å². The molecule has 0 radical (unpaired) electrons. The number of aromatic nitrogens is 4. The third-order valence-corrected chi connectivity index (χ3v) is 7.62. The molecule has 0 spiro atoms. The average molecular weight is 477 g/mol. The van der Waals surface area contributed by atoms with Gasteiger partial charge in [0.25, 0.3) is 0 Å².